The molecule has 1 amide bonds. The number of amides is 1. The van der Waals surface area contributed by atoms with Crippen molar-refractivity contribution in [2.24, 2.45) is 0 Å². The van der Waals surface area contributed by atoms with Gasteiger partial charge in [0.05, 0.1) is 22.0 Å². The number of fused-ring (bicyclic) bond motifs is 1. The van der Waals surface area contributed by atoms with Crippen molar-refractivity contribution in [2.45, 2.75) is 13.0 Å². The van der Waals surface area contributed by atoms with Crippen molar-refractivity contribution >= 4 is 34.1 Å². The average molecular weight is 419 g/mol. The second kappa shape index (κ2) is 8.00. The molecule has 0 aliphatic rings. The van der Waals surface area contributed by atoms with Crippen molar-refractivity contribution in [2.75, 3.05) is 5.73 Å². The van der Waals surface area contributed by atoms with E-state index in [0.29, 0.717) is 27.2 Å². The van der Waals surface area contributed by atoms with Crippen LogP contribution in [-0.4, -0.2) is 15.5 Å². The van der Waals surface area contributed by atoms with Crippen molar-refractivity contribution in [3.8, 4) is 5.69 Å². The Hall–Kier alpha value is -3.64. The Morgan fingerprint density at radius 2 is 1.87 bits per heavy atom. The summed E-state index contributed by atoms with van der Waals surface area (Å²) >= 11 is 6.33. The van der Waals surface area contributed by atoms with Gasteiger partial charge >= 0.3 is 0 Å². The van der Waals surface area contributed by atoms with E-state index in [0.717, 1.165) is 0 Å². The minimum Gasteiger partial charge on any atom is -0.383 e. The van der Waals surface area contributed by atoms with Gasteiger partial charge in [0.2, 0.25) is 0 Å². The van der Waals surface area contributed by atoms with E-state index in [-0.39, 0.29) is 22.8 Å². The number of nitrogens with two attached hydrogens (primary N) is 1. The van der Waals surface area contributed by atoms with Gasteiger partial charge in [0, 0.05) is 17.6 Å². The standard InChI is InChI=1S/C23H19ClN4O2/c1-14(27-22(29)17-10-6-12-26-21(17)25)19-13-15-7-5-11-18(24)20(15)23(30)28(19)16-8-3-2-4-9-16/h2-14H,1H3,(H2,25,26)(H,27,29)/t14-/m0/s1. The molecular formula is C23H19ClN4O2. The molecule has 0 saturated carbocycles. The van der Waals surface area contributed by atoms with Crippen LogP contribution in [0.1, 0.15) is 29.0 Å². The Balaban J connectivity index is 1.86. The van der Waals surface area contributed by atoms with Gasteiger partial charge in [-0.05, 0) is 48.7 Å². The van der Waals surface area contributed by atoms with Gasteiger partial charge in [-0.25, -0.2) is 4.98 Å². The second-order valence-electron chi connectivity index (χ2n) is 6.88. The maximum Gasteiger partial charge on any atom is 0.264 e. The third-order valence-corrected chi connectivity index (χ3v) is 5.23. The molecule has 150 valence electrons. The van der Waals surface area contributed by atoms with Crippen molar-refractivity contribution in [3.63, 3.8) is 0 Å². The molecule has 4 rings (SSSR count). The lowest BCUT2D eigenvalue weighted by atomic mass is 10.1. The molecule has 7 heteroatoms. The molecule has 0 bridgehead atoms. The minimum atomic E-state index is -0.492. The Labute approximate surface area is 177 Å². The van der Waals surface area contributed by atoms with E-state index in [1.807, 2.05) is 49.4 Å². The summed E-state index contributed by atoms with van der Waals surface area (Å²) in [6, 6.07) is 19.2. The molecule has 30 heavy (non-hydrogen) atoms. The number of anilines is 1. The lowest BCUT2D eigenvalue weighted by Crippen LogP contribution is -2.32. The number of nitrogen functional groups attached to an aromatic ring is 1. The van der Waals surface area contributed by atoms with Crippen molar-refractivity contribution in [1.29, 1.82) is 0 Å². The topological polar surface area (TPSA) is 90.0 Å². The molecule has 0 spiro atoms. The van der Waals surface area contributed by atoms with Gasteiger partial charge < -0.3 is 11.1 Å². The van der Waals surface area contributed by atoms with E-state index >= 15 is 0 Å². The van der Waals surface area contributed by atoms with E-state index in [1.165, 1.54) is 6.20 Å². The predicted octanol–water partition coefficient (Wildman–Crippen LogP) is 4.11. The number of aromatic nitrogens is 2. The fraction of sp³-hybridized carbons (Fsp3) is 0.0870. The quantitative estimate of drug-likeness (QED) is 0.521. The number of nitrogens with one attached hydrogen (secondary N) is 1. The van der Waals surface area contributed by atoms with Gasteiger partial charge in [0.15, 0.2) is 0 Å². The lowest BCUT2D eigenvalue weighted by molar-refractivity contribution is 0.0939. The first-order valence-electron chi connectivity index (χ1n) is 9.38. The molecule has 6 nitrogen and oxygen atoms in total. The van der Waals surface area contributed by atoms with Crippen LogP contribution in [0.3, 0.4) is 0 Å². The number of hydrogen-bond donors (Lipinski definition) is 2. The number of carbonyl (C=O) groups is 1. The smallest absolute Gasteiger partial charge is 0.264 e. The SMILES string of the molecule is C[C@H](NC(=O)c1cccnc1N)c1cc2cccc(Cl)c2c(=O)n1-c1ccccc1. The minimum absolute atomic E-state index is 0.146. The number of nitrogens with zero attached hydrogens (tertiary/aromatic N) is 2. The molecule has 2 aromatic heterocycles. The van der Waals surface area contributed by atoms with Crippen LogP contribution in [0.4, 0.5) is 5.82 Å². The van der Waals surface area contributed by atoms with Crippen LogP contribution in [0.15, 0.2) is 77.7 Å². The molecule has 2 aromatic carbocycles. The van der Waals surface area contributed by atoms with Crippen molar-refractivity contribution in [3.05, 3.63) is 99.6 Å². The number of hydrogen-bond acceptors (Lipinski definition) is 4. The molecule has 2 heterocycles. The molecule has 0 radical (unpaired) electrons. The van der Waals surface area contributed by atoms with E-state index < -0.39 is 6.04 Å². The fourth-order valence-electron chi connectivity index (χ4n) is 3.46. The highest BCUT2D eigenvalue weighted by Crippen LogP contribution is 2.25. The maximum atomic E-state index is 13.4. The van der Waals surface area contributed by atoms with Crippen molar-refractivity contribution in [1.82, 2.24) is 14.9 Å². The molecular weight excluding hydrogens is 400 g/mol. The molecule has 1 atom stereocenters. The lowest BCUT2D eigenvalue weighted by Gasteiger charge is -2.21. The number of pyridine rings is 2. The van der Waals surface area contributed by atoms with Gasteiger partial charge in [-0.3, -0.25) is 14.2 Å². The molecule has 3 N–H and O–H groups in total. The number of rotatable bonds is 4. The zero-order valence-corrected chi connectivity index (χ0v) is 16.9. The molecule has 4 aromatic rings. The second-order valence-corrected chi connectivity index (χ2v) is 7.29. The average Bonchev–Trinajstić information content (AvgIpc) is 2.74. The normalized spacial score (nSPS) is 11.9. The van der Waals surface area contributed by atoms with E-state index in [9.17, 15) is 9.59 Å². The van der Waals surface area contributed by atoms with Crippen LogP contribution in [0.25, 0.3) is 16.5 Å². The summed E-state index contributed by atoms with van der Waals surface area (Å²) in [5.74, 6) is -0.223. The summed E-state index contributed by atoms with van der Waals surface area (Å²) in [5, 5.41) is 4.44. The highest BCUT2D eigenvalue weighted by molar-refractivity contribution is 6.35. The molecule has 0 aliphatic heterocycles. The van der Waals surface area contributed by atoms with Gasteiger partial charge in [0.1, 0.15) is 5.82 Å². The fourth-order valence-corrected chi connectivity index (χ4v) is 3.72. The first kappa shape index (κ1) is 19.7. The van der Waals surface area contributed by atoms with Crippen LogP contribution in [-0.2, 0) is 0 Å². The highest BCUT2D eigenvalue weighted by Gasteiger charge is 2.20. The molecule has 0 unspecified atom stereocenters. The van der Waals surface area contributed by atoms with Crippen LogP contribution >= 0.6 is 11.6 Å². The zero-order valence-electron chi connectivity index (χ0n) is 16.2. The first-order chi connectivity index (χ1) is 14.5. The third-order valence-electron chi connectivity index (χ3n) is 4.91. The number of carbonyl (C=O) groups excluding carboxylic acids is 1. The van der Waals surface area contributed by atoms with Crippen LogP contribution in [0.5, 0.6) is 0 Å². The number of benzene rings is 2. The molecule has 0 fully saturated rings. The summed E-state index contributed by atoms with van der Waals surface area (Å²) in [6.07, 6.45) is 1.52. The molecule has 0 aliphatic carbocycles. The highest BCUT2D eigenvalue weighted by atomic mass is 35.5. The van der Waals surface area contributed by atoms with Crippen LogP contribution in [0, 0.1) is 0 Å². The van der Waals surface area contributed by atoms with E-state index in [2.05, 4.69) is 10.3 Å². The first-order valence-corrected chi connectivity index (χ1v) is 9.76. The predicted molar refractivity (Wildman–Crippen MR) is 119 cm³/mol. The largest absolute Gasteiger partial charge is 0.383 e. The summed E-state index contributed by atoms with van der Waals surface area (Å²) in [7, 11) is 0. The Bertz CT molecular complexity index is 1300. The van der Waals surface area contributed by atoms with Crippen molar-refractivity contribution < 1.29 is 4.79 Å². The van der Waals surface area contributed by atoms with Crippen LogP contribution in [0.2, 0.25) is 5.02 Å². The Kier molecular flexibility index (Phi) is 5.25. The summed E-state index contributed by atoms with van der Waals surface area (Å²) in [5.41, 5.74) is 7.16. The summed E-state index contributed by atoms with van der Waals surface area (Å²) in [4.78, 5) is 30.1. The Morgan fingerprint density at radius 1 is 1.10 bits per heavy atom. The van der Waals surface area contributed by atoms with Gasteiger partial charge in [-0.1, -0.05) is 41.9 Å². The number of halogens is 1. The Morgan fingerprint density at radius 3 is 2.60 bits per heavy atom. The zero-order chi connectivity index (χ0) is 21.3. The maximum absolute atomic E-state index is 13.4. The van der Waals surface area contributed by atoms with Gasteiger partial charge in [0.25, 0.3) is 11.5 Å². The van der Waals surface area contributed by atoms with E-state index in [4.69, 9.17) is 17.3 Å². The third kappa shape index (κ3) is 3.53. The monoisotopic (exact) mass is 418 g/mol. The van der Waals surface area contributed by atoms with Gasteiger partial charge in [-0.2, -0.15) is 0 Å². The van der Waals surface area contributed by atoms with E-state index in [1.54, 1.807) is 28.8 Å². The summed E-state index contributed by atoms with van der Waals surface area (Å²) < 4.78 is 1.58. The molecule has 0 saturated heterocycles. The number of para-hydroxylation sites is 1. The summed E-state index contributed by atoms with van der Waals surface area (Å²) in [6.45, 7) is 1.81. The van der Waals surface area contributed by atoms with Gasteiger partial charge in [-0.15, -0.1) is 0 Å². The van der Waals surface area contributed by atoms with Crippen LogP contribution < -0.4 is 16.6 Å².